The van der Waals surface area contributed by atoms with Crippen molar-refractivity contribution in [3.05, 3.63) is 34.9 Å². The largest absolute Gasteiger partial charge is 0.444 e. The number of ether oxygens (including phenoxy) is 4. The number of benzene rings is 1. The Morgan fingerprint density at radius 1 is 1.00 bits per heavy atom. The Labute approximate surface area is 249 Å². The Kier molecular flexibility index (Phi) is 10.8. The quantitative estimate of drug-likeness (QED) is 0.214. The molecule has 1 saturated carbocycles. The number of nitrogens with zero attached hydrogens (tertiary/aromatic N) is 5. The Morgan fingerprint density at radius 2 is 1.70 bits per heavy atom. The predicted molar refractivity (Wildman–Crippen MR) is 156 cm³/mol. The van der Waals surface area contributed by atoms with Gasteiger partial charge < -0.3 is 24.3 Å². The third-order valence-electron chi connectivity index (χ3n) is 6.80. The molecule has 234 valence electrons. The number of nitrogens with one attached hydrogen (secondary N) is 1. The summed E-state index contributed by atoms with van der Waals surface area (Å²) < 4.78 is 26.4. The molecule has 4 rings (SSSR count). The number of hydrogen-bond acceptors (Lipinski definition) is 10. The summed E-state index contributed by atoms with van der Waals surface area (Å²) in [5.41, 5.74) is 1.93. The molecule has 1 aliphatic rings. The summed E-state index contributed by atoms with van der Waals surface area (Å²) in [6.45, 7) is 8.72. The number of aromatic nitrogens is 5. The fourth-order valence-corrected chi connectivity index (χ4v) is 4.74. The summed E-state index contributed by atoms with van der Waals surface area (Å²) in [7, 11) is 1.67. The highest BCUT2D eigenvalue weighted by Gasteiger charge is 2.31. The number of alkyl carbamates (subject to hydrolysis) is 1. The molecule has 1 amide bonds. The second kappa shape index (κ2) is 14.5. The maximum atomic E-state index is 13.0. The van der Waals surface area contributed by atoms with E-state index in [0.717, 1.165) is 5.56 Å². The minimum atomic E-state index is -0.626. The summed E-state index contributed by atoms with van der Waals surface area (Å²) >= 11 is 0. The van der Waals surface area contributed by atoms with Gasteiger partial charge in [0.05, 0.1) is 75.9 Å². The number of imidazole rings is 1. The molecular weight excluding hydrogens is 560 g/mol. The zero-order valence-electron chi connectivity index (χ0n) is 25.2. The average Bonchev–Trinajstić information content (AvgIpc) is 3.51. The normalized spacial score (nSPS) is 15.8. The fourth-order valence-electron chi connectivity index (χ4n) is 4.74. The number of fused-ring (bicyclic) bond motifs is 1. The van der Waals surface area contributed by atoms with Crippen LogP contribution in [0.15, 0.2) is 29.2 Å². The van der Waals surface area contributed by atoms with Gasteiger partial charge in [-0.25, -0.2) is 14.3 Å². The first-order chi connectivity index (χ1) is 20.5. The lowest BCUT2D eigenvalue weighted by atomic mass is 9.93. The van der Waals surface area contributed by atoms with E-state index in [-0.39, 0.29) is 23.7 Å². The van der Waals surface area contributed by atoms with Crippen LogP contribution in [0, 0.1) is 0 Å². The maximum absolute atomic E-state index is 13.0. The maximum Gasteiger partial charge on any atom is 0.407 e. The second-order valence-electron chi connectivity index (χ2n) is 11.3. The standard InChI is InChI=1S/C29H40N6O8/c1-29(2,3)43-27(38)30-9-11-40-13-15-42-16-14-41-12-10-34-19-22(31-32-34)20-5-7-23-25(17-20)33(4)28(39)35(23)24-8-6-21(36)18-26(24)37/h5,7,17,19,24H,6,8-16,18H2,1-4H3,(H,30,38). The van der Waals surface area contributed by atoms with Crippen molar-refractivity contribution in [1.82, 2.24) is 29.4 Å². The van der Waals surface area contributed by atoms with Gasteiger partial charge in [-0.1, -0.05) is 11.3 Å². The molecule has 0 aliphatic heterocycles. The first-order valence-electron chi connectivity index (χ1n) is 14.4. The monoisotopic (exact) mass is 600 g/mol. The van der Waals surface area contributed by atoms with Crippen LogP contribution in [0.2, 0.25) is 0 Å². The SMILES string of the molecule is Cn1c(=O)n(C2CCC(=O)CC2=O)c2ccc(-c3cn(CCOCCOCCOCCNC(=O)OC(C)(C)C)nn3)cc21. The van der Waals surface area contributed by atoms with Gasteiger partial charge in [-0.05, 0) is 39.3 Å². The van der Waals surface area contributed by atoms with Crippen molar-refractivity contribution in [2.24, 2.45) is 7.05 Å². The van der Waals surface area contributed by atoms with Gasteiger partial charge in [-0.15, -0.1) is 5.10 Å². The van der Waals surface area contributed by atoms with E-state index in [0.29, 0.717) is 82.3 Å². The van der Waals surface area contributed by atoms with Gasteiger partial charge in [0, 0.05) is 25.6 Å². The molecule has 1 aliphatic carbocycles. The van der Waals surface area contributed by atoms with Crippen molar-refractivity contribution in [3.8, 4) is 11.3 Å². The fraction of sp³-hybridized carbons (Fsp3) is 0.586. The van der Waals surface area contributed by atoms with E-state index in [1.807, 2.05) is 18.2 Å². The van der Waals surface area contributed by atoms with Crippen molar-refractivity contribution in [1.29, 1.82) is 0 Å². The lowest BCUT2D eigenvalue weighted by Gasteiger charge is -2.21. The van der Waals surface area contributed by atoms with Crippen LogP contribution >= 0.6 is 0 Å². The highest BCUT2D eigenvalue weighted by Crippen LogP contribution is 2.28. The van der Waals surface area contributed by atoms with E-state index in [2.05, 4.69) is 15.6 Å². The highest BCUT2D eigenvalue weighted by molar-refractivity contribution is 6.03. The van der Waals surface area contributed by atoms with Crippen LogP contribution < -0.4 is 11.0 Å². The first-order valence-corrected chi connectivity index (χ1v) is 14.4. The van der Waals surface area contributed by atoms with Gasteiger partial charge in [-0.2, -0.15) is 0 Å². The van der Waals surface area contributed by atoms with Gasteiger partial charge in [0.2, 0.25) is 0 Å². The van der Waals surface area contributed by atoms with Crippen LogP contribution in [-0.2, 0) is 42.1 Å². The van der Waals surface area contributed by atoms with Gasteiger partial charge >= 0.3 is 11.8 Å². The van der Waals surface area contributed by atoms with Gasteiger partial charge in [0.25, 0.3) is 0 Å². The molecule has 1 unspecified atom stereocenters. The number of carbonyl (C=O) groups excluding carboxylic acids is 3. The van der Waals surface area contributed by atoms with Crippen LogP contribution in [0.1, 0.15) is 46.1 Å². The zero-order chi connectivity index (χ0) is 31.0. The Hall–Kier alpha value is -3.88. The molecule has 1 aromatic carbocycles. The number of rotatable bonds is 14. The molecule has 14 nitrogen and oxygen atoms in total. The molecule has 0 bridgehead atoms. The van der Waals surface area contributed by atoms with Gasteiger partial charge in [0.1, 0.15) is 17.1 Å². The lowest BCUT2D eigenvalue weighted by Crippen LogP contribution is -2.34. The molecule has 1 fully saturated rings. The molecule has 0 spiro atoms. The molecule has 3 aromatic rings. The first kappa shape index (κ1) is 32.0. The Bertz CT molecular complexity index is 1480. The summed E-state index contributed by atoms with van der Waals surface area (Å²) in [4.78, 5) is 48.7. The second-order valence-corrected chi connectivity index (χ2v) is 11.3. The topological polar surface area (TPSA) is 158 Å². The molecule has 1 atom stereocenters. The molecule has 1 N–H and O–H groups in total. The number of ketones is 2. The average molecular weight is 601 g/mol. The van der Waals surface area contributed by atoms with Crippen LogP contribution in [0.5, 0.6) is 0 Å². The van der Waals surface area contributed by atoms with E-state index in [1.165, 1.54) is 9.13 Å². The van der Waals surface area contributed by atoms with E-state index < -0.39 is 17.7 Å². The van der Waals surface area contributed by atoms with E-state index in [1.54, 1.807) is 38.7 Å². The lowest BCUT2D eigenvalue weighted by molar-refractivity contribution is -0.132. The molecule has 2 aromatic heterocycles. The minimum absolute atomic E-state index is 0.0802. The van der Waals surface area contributed by atoms with Gasteiger partial charge in [-0.3, -0.25) is 18.7 Å². The van der Waals surface area contributed by atoms with Crippen molar-refractivity contribution in [2.75, 3.05) is 46.2 Å². The molecule has 0 saturated heterocycles. The summed E-state index contributed by atoms with van der Waals surface area (Å²) in [6.07, 6.45) is 1.85. The molecule has 14 heteroatoms. The van der Waals surface area contributed by atoms with Crippen LogP contribution in [-0.4, -0.2) is 93.6 Å². The summed E-state index contributed by atoms with van der Waals surface area (Å²) in [5.74, 6) is -0.300. The highest BCUT2D eigenvalue weighted by atomic mass is 16.6. The smallest absolute Gasteiger partial charge is 0.407 e. The zero-order valence-corrected chi connectivity index (χ0v) is 25.2. The summed E-state index contributed by atoms with van der Waals surface area (Å²) in [5, 5.41) is 11.1. The van der Waals surface area contributed by atoms with E-state index in [9.17, 15) is 19.2 Å². The molecule has 2 heterocycles. The minimum Gasteiger partial charge on any atom is -0.444 e. The Morgan fingerprint density at radius 3 is 2.40 bits per heavy atom. The number of hydrogen-bond donors (Lipinski definition) is 1. The van der Waals surface area contributed by atoms with Crippen molar-refractivity contribution < 1.29 is 33.3 Å². The molecular formula is C29H40N6O8. The van der Waals surface area contributed by atoms with E-state index >= 15 is 0 Å². The molecule has 43 heavy (non-hydrogen) atoms. The Balaban J connectivity index is 1.15. The predicted octanol–water partition coefficient (Wildman–Crippen LogP) is 2.04. The molecule has 0 radical (unpaired) electrons. The number of carbonyl (C=O) groups is 3. The number of amides is 1. The van der Waals surface area contributed by atoms with Crippen molar-refractivity contribution >= 4 is 28.7 Å². The van der Waals surface area contributed by atoms with Crippen molar-refractivity contribution in [2.45, 2.75) is 58.2 Å². The van der Waals surface area contributed by atoms with Gasteiger partial charge in [0.15, 0.2) is 5.78 Å². The van der Waals surface area contributed by atoms with Crippen LogP contribution in [0.3, 0.4) is 0 Å². The van der Waals surface area contributed by atoms with Crippen LogP contribution in [0.4, 0.5) is 4.79 Å². The third-order valence-corrected chi connectivity index (χ3v) is 6.80. The number of aryl methyl sites for hydroxylation is 1. The third kappa shape index (κ3) is 8.81. The van der Waals surface area contributed by atoms with Crippen LogP contribution in [0.25, 0.3) is 22.3 Å². The number of Topliss-reactive ketones (excluding diaryl/α,β-unsaturated/α-hetero) is 2. The van der Waals surface area contributed by atoms with Crippen molar-refractivity contribution in [3.63, 3.8) is 0 Å². The van der Waals surface area contributed by atoms with E-state index in [4.69, 9.17) is 18.9 Å². The summed E-state index contributed by atoms with van der Waals surface area (Å²) in [6, 6.07) is 4.89.